The Bertz CT molecular complexity index is 401. The van der Waals surface area contributed by atoms with Gasteiger partial charge in [-0.15, -0.1) is 0 Å². The summed E-state index contributed by atoms with van der Waals surface area (Å²) in [6.45, 7) is 3.64. The van der Waals surface area contributed by atoms with E-state index in [0.717, 1.165) is 13.0 Å². The zero-order valence-electron chi connectivity index (χ0n) is 10.9. The van der Waals surface area contributed by atoms with E-state index in [2.05, 4.69) is 11.8 Å². The molecule has 1 aromatic carbocycles. The molecule has 98 valence electrons. The predicted molar refractivity (Wildman–Crippen MR) is 70.2 cm³/mol. The van der Waals surface area contributed by atoms with Crippen LogP contribution in [0.15, 0.2) is 24.3 Å². The quantitative estimate of drug-likeness (QED) is 0.763. The fourth-order valence-electron chi connectivity index (χ4n) is 2.64. The second-order valence-corrected chi connectivity index (χ2v) is 4.96. The van der Waals surface area contributed by atoms with Crippen molar-refractivity contribution in [3.8, 4) is 0 Å². The van der Waals surface area contributed by atoms with Crippen molar-refractivity contribution in [2.75, 3.05) is 13.1 Å². The Morgan fingerprint density at radius 1 is 1.33 bits per heavy atom. The molecule has 0 aromatic heterocycles. The van der Waals surface area contributed by atoms with Crippen molar-refractivity contribution >= 4 is 5.78 Å². The van der Waals surface area contributed by atoms with Gasteiger partial charge in [0, 0.05) is 11.6 Å². The van der Waals surface area contributed by atoms with E-state index in [9.17, 15) is 9.18 Å². The number of hydrogen-bond donors (Lipinski definition) is 0. The standard InChI is InChI=1S/C15H20FNO/c1-2-14-5-3-4-10-17(14)11-15(18)12-6-8-13(16)9-7-12/h6-9,14H,2-5,10-11H2,1H3. The first kappa shape index (κ1) is 13.2. The van der Waals surface area contributed by atoms with Crippen LogP contribution in [0.25, 0.3) is 0 Å². The number of benzene rings is 1. The van der Waals surface area contributed by atoms with E-state index in [1.54, 1.807) is 12.1 Å². The molecular weight excluding hydrogens is 229 g/mol. The lowest BCUT2D eigenvalue weighted by Gasteiger charge is -2.34. The van der Waals surface area contributed by atoms with Gasteiger partial charge in [-0.05, 0) is 50.1 Å². The Morgan fingerprint density at radius 2 is 2.06 bits per heavy atom. The van der Waals surface area contributed by atoms with Crippen LogP contribution < -0.4 is 0 Å². The van der Waals surface area contributed by atoms with E-state index >= 15 is 0 Å². The molecule has 0 bridgehead atoms. The van der Waals surface area contributed by atoms with Crippen LogP contribution in [0.1, 0.15) is 43.0 Å². The molecule has 1 unspecified atom stereocenters. The van der Waals surface area contributed by atoms with Gasteiger partial charge >= 0.3 is 0 Å². The fraction of sp³-hybridized carbons (Fsp3) is 0.533. The molecule has 1 heterocycles. The molecule has 1 atom stereocenters. The van der Waals surface area contributed by atoms with Crippen LogP contribution in [0, 0.1) is 5.82 Å². The maximum absolute atomic E-state index is 12.8. The van der Waals surface area contributed by atoms with E-state index in [1.807, 2.05) is 0 Å². The maximum Gasteiger partial charge on any atom is 0.176 e. The van der Waals surface area contributed by atoms with E-state index in [0.29, 0.717) is 18.2 Å². The van der Waals surface area contributed by atoms with E-state index < -0.39 is 0 Å². The van der Waals surface area contributed by atoms with Gasteiger partial charge in [0.25, 0.3) is 0 Å². The molecule has 2 nitrogen and oxygen atoms in total. The number of likely N-dealkylation sites (tertiary alicyclic amines) is 1. The van der Waals surface area contributed by atoms with Crippen LogP contribution in [0.5, 0.6) is 0 Å². The van der Waals surface area contributed by atoms with Gasteiger partial charge in [0.15, 0.2) is 5.78 Å². The summed E-state index contributed by atoms with van der Waals surface area (Å²) in [6, 6.07) is 6.37. The highest BCUT2D eigenvalue weighted by molar-refractivity contribution is 5.97. The van der Waals surface area contributed by atoms with Gasteiger partial charge in [0.1, 0.15) is 5.82 Å². The Hall–Kier alpha value is -1.22. The zero-order chi connectivity index (χ0) is 13.0. The number of Topliss-reactive ketones (excluding diaryl/α,β-unsaturated/α-hetero) is 1. The van der Waals surface area contributed by atoms with E-state index in [4.69, 9.17) is 0 Å². The van der Waals surface area contributed by atoms with E-state index in [-0.39, 0.29) is 11.6 Å². The summed E-state index contributed by atoms with van der Waals surface area (Å²) >= 11 is 0. The van der Waals surface area contributed by atoms with Crippen molar-refractivity contribution in [3.05, 3.63) is 35.6 Å². The molecule has 0 amide bonds. The van der Waals surface area contributed by atoms with Gasteiger partial charge in [0.05, 0.1) is 6.54 Å². The van der Waals surface area contributed by atoms with Crippen molar-refractivity contribution in [1.82, 2.24) is 4.90 Å². The van der Waals surface area contributed by atoms with Crippen LogP contribution in [-0.4, -0.2) is 29.8 Å². The molecule has 3 heteroatoms. The number of ketones is 1. The SMILES string of the molecule is CCC1CCCCN1CC(=O)c1ccc(F)cc1. The first-order chi connectivity index (χ1) is 8.70. The van der Waals surface area contributed by atoms with Gasteiger partial charge in [0.2, 0.25) is 0 Å². The molecule has 0 saturated carbocycles. The number of piperidine rings is 1. The van der Waals surface area contributed by atoms with Crippen molar-refractivity contribution in [3.63, 3.8) is 0 Å². The number of carbonyl (C=O) groups excluding carboxylic acids is 1. The summed E-state index contributed by atoms with van der Waals surface area (Å²) in [4.78, 5) is 14.4. The molecular formula is C15H20FNO. The summed E-state index contributed by atoms with van der Waals surface area (Å²) in [6.07, 6.45) is 4.72. The molecule has 1 aromatic rings. The van der Waals surface area contributed by atoms with Crippen molar-refractivity contribution in [2.24, 2.45) is 0 Å². The Labute approximate surface area is 108 Å². The number of nitrogens with zero attached hydrogens (tertiary/aromatic N) is 1. The van der Waals surface area contributed by atoms with Crippen LogP contribution in [0.3, 0.4) is 0 Å². The summed E-state index contributed by atoms with van der Waals surface area (Å²) in [5, 5.41) is 0. The molecule has 1 aliphatic heterocycles. The normalized spacial score (nSPS) is 20.9. The van der Waals surface area contributed by atoms with Crippen LogP contribution in [0.4, 0.5) is 4.39 Å². The third-order valence-electron chi connectivity index (χ3n) is 3.73. The van der Waals surface area contributed by atoms with Crippen molar-refractivity contribution in [1.29, 1.82) is 0 Å². The highest BCUT2D eigenvalue weighted by atomic mass is 19.1. The highest BCUT2D eigenvalue weighted by Gasteiger charge is 2.23. The predicted octanol–water partition coefficient (Wildman–Crippen LogP) is 3.27. The van der Waals surface area contributed by atoms with Gasteiger partial charge in [-0.3, -0.25) is 9.69 Å². The minimum Gasteiger partial charge on any atom is -0.293 e. The van der Waals surface area contributed by atoms with Gasteiger partial charge in [-0.25, -0.2) is 4.39 Å². The lowest BCUT2D eigenvalue weighted by molar-refractivity contribution is 0.0838. The fourth-order valence-corrected chi connectivity index (χ4v) is 2.64. The number of carbonyl (C=O) groups is 1. The van der Waals surface area contributed by atoms with Crippen LogP contribution in [-0.2, 0) is 0 Å². The molecule has 1 fully saturated rings. The average molecular weight is 249 g/mol. The van der Waals surface area contributed by atoms with Crippen LogP contribution >= 0.6 is 0 Å². The summed E-state index contributed by atoms with van der Waals surface area (Å²) < 4.78 is 12.8. The monoisotopic (exact) mass is 249 g/mol. The Balaban J connectivity index is 1.99. The molecule has 2 rings (SSSR count). The molecule has 1 saturated heterocycles. The average Bonchev–Trinajstić information content (AvgIpc) is 2.40. The summed E-state index contributed by atoms with van der Waals surface area (Å²) in [5.74, 6) is -0.202. The van der Waals surface area contributed by atoms with Gasteiger partial charge in [-0.2, -0.15) is 0 Å². The van der Waals surface area contributed by atoms with Crippen molar-refractivity contribution in [2.45, 2.75) is 38.6 Å². The molecule has 18 heavy (non-hydrogen) atoms. The van der Waals surface area contributed by atoms with Gasteiger partial charge in [-0.1, -0.05) is 13.3 Å². The smallest absolute Gasteiger partial charge is 0.176 e. The topological polar surface area (TPSA) is 20.3 Å². The first-order valence-electron chi connectivity index (χ1n) is 6.73. The zero-order valence-corrected chi connectivity index (χ0v) is 10.9. The van der Waals surface area contributed by atoms with E-state index in [1.165, 1.54) is 31.4 Å². The number of halogens is 1. The molecule has 0 radical (unpaired) electrons. The Morgan fingerprint density at radius 3 is 2.72 bits per heavy atom. The largest absolute Gasteiger partial charge is 0.293 e. The lowest BCUT2D eigenvalue weighted by Crippen LogP contribution is -2.42. The third kappa shape index (κ3) is 3.16. The van der Waals surface area contributed by atoms with Crippen LogP contribution in [0.2, 0.25) is 0 Å². The Kier molecular flexibility index (Phi) is 4.48. The van der Waals surface area contributed by atoms with Gasteiger partial charge < -0.3 is 0 Å². The molecule has 1 aliphatic rings. The second-order valence-electron chi connectivity index (χ2n) is 4.96. The highest BCUT2D eigenvalue weighted by Crippen LogP contribution is 2.19. The molecule has 0 spiro atoms. The molecule has 0 aliphatic carbocycles. The third-order valence-corrected chi connectivity index (χ3v) is 3.73. The summed E-state index contributed by atoms with van der Waals surface area (Å²) in [7, 11) is 0. The minimum absolute atomic E-state index is 0.0929. The maximum atomic E-state index is 12.8. The second kappa shape index (κ2) is 6.10. The van der Waals surface area contributed by atoms with Crippen molar-refractivity contribution < 1.29 is 9.18 Å². The lowest BCUT2D eigenvalue weighted by atomic mass is 9.99. The summed E-state index contributed by atoms with van der Waals surface area (Å²) in [5.41, 5.74) is 0.608. The first-order valence-corrected chi connectivity index (χ1v) is 6.73. The number of hydrogen-bond acceptors (Lipinski definition) is 2. The number of rotatable bonds is 4. The minimum atomic E-state index is -0.295. The molecule has 0 N–H and O–H groups in total.